The second-order valence-corrected chi connectivity index (χ2v) is 6.82. The first kappa shape index (κ1) is 18.9. The zero-order valence-corrected chi connectivity index (χ0v) is 15.2. The Labute approximate surface area is 164 Å². The predicted octanol–water partition coefficient (Wildman–Crippen LogP) is 4.89. The number of aryl methyl sites for hydroxylation is 1. The molecule has 0 aromatic heterocycles. The lowest BCUT2D eigenvalue weighted by molar-refractivity contribution is -0.274. The van der Waals surface area contributed by atoms with E-state index in [1.165, 1.54) is 36.4 Å². The number of anilines is 1. The third kappa shape index (κ3) is 3.08. The molecule has 2 N–H and O–H groups in total. The highest BCUT2D eigenvalue weighted by Gasteiger charge is 2.50. The highest BCUT2D eigenvalue weighted by atomic mass is 19.4. The van der Waals surface area contributed by atoms with Crippen molar-refractivity contribution in [2.24, 2.45) is 0 Å². The lowest BCUT2D eigenvalue weighted by atomic mass is 9.70. The number of alkyl halides is 3. The van der Waals surface area contributed by atoms with Gasteiger partial charge in [-0.15, -0.1) is 13.2 Å². The van der Waals surface area contributed by atoms with Crippen LogP contribution in [0.1, 0.15) is 22.3 Å². The first-order valence-corrected chi connectivity index (χ1v) is 8.79. The van der Waals surface area contributed by atoms with Crippen LogP contribution >= 0.6 is 0 Å². The van der Waals surface area contributed by atoms with Crippen molar-refractivity contribution in [3.05, 3.63) is 89.0 Å². The standard InChI is InChI=1S/C22H16F3NO3/c1-13-3-2-4-18-19(13)26-20(28)21(18,14-5-9-16(27)10-6-14)15-7-11-17(12-8-15)29-22(23,24)25/h2-12,27H,1H3,(H,26,28)/t21-/m1/s1. The molecule has 4 rings (SSSR count). The molecule has 1 aliphatic heterocycles. The van der Waals surface area contributed by atoms with Crippen LogP contribution in [-0.2, 0) is 10.2 Å². The molecule has 148 valence electrons. The molecule has 3 aromatic carbocycles. The number of benzene rings is 3. The van der Waals surface area contributed by atoms with Crippen LogP contribution in [0.5, 0.6) is 11.5 Å². The predicted molar refractivity (Wildman–Crippen MR) is 101 cm³/mol. The minimum atomic E-state index is -4.80. The first-order chi connectivity index (χ1) is 13.7. The van der Waals surface area contributed by atoms with Gasteiger partial charge in [-0.3, -0.25) is 4.79 Å². The minimum Gasteiger partial charge on any atom is -0.508 e. The maximum absolute atomic E-state index is 13.3. The molecule has 0 saturated heterocycles. The number of aromatic hydroxyl groups is 1. The Hall–Kier alpha value is -3.48. The third-order valence-electron chi connectivity index (χ3n) is 5.08. The smallest absolute Gasteiger partial charge is 0.508 e. The summed E-state index contributed by atoms with van der Waals surface area (Å²) in [4.78, 5) is 13.3. The van der Waals surface area contributed by atoms with Gasteiger partial charge in [0.2, 0.25) is 5.91 Å². The SMILES string of the molecule is Cc1cccc2c1NC(=O)[C@]2(c1ccc(O)cc1)c1ccc(OC(F)(F)F)cc1. The van der Waals surface area contributed by atoms with Gasteiger partial charge < -0.3 is 15.2 Å². The topological polar surface area (TPSA) is 58.6 Å². The summed E-state index contributed by atoms with van der Waals surface area (Å²) in [6.07, 6.45) is -4.80. The van der Waals surface area contributed by atoms with Crippen molar-refractivity contribution in [3.8, 4) is 11.5 Å². The molecule has 0 aliphatic carbocycles. The molecular formula is C22H16F3NO3. The van der Waals surface area contributed by atoms with Gasteiger partial charge in [-0.2, -0.15) is 0 Å². The molecule has 4 nitrogen and oxygen atoms in total. The van der Waals surface area contributed by atoms with Crippen LogP contribution in [0.2, 0.25) is 0 Å². The zero-order chi connectivity index (χ0) is 20.8. The molecule has 29 heavy (non-hydrogen) atoms. The van der Waals surface area contributed by atoms with Crippen molar-refractivity contribution in [2.45, 2.75) is 18.7 Å². The molecule has 1 amide bonds. The summed E-state index contributed by atoms with van der Waals surface area (Å²) in [6.45, 7) is 1.87. The summed E-state index contributed by atoms with van der Waals surface area (Å²) in [7, 11) is 0. The Bertz CT molecular complexity index is 1080. The summed E-state index contributed by atoms with van der Waals surface area (Å²) in [6, 6.07) is 17.0. The van der Waals surface area contributed by atoms with Gasteiger partial charge >= 0.3 is 6.36 Å². The van der Waals surface area contributed by atoms with Gasteiger partial charge in [-0.05, 0) is 47.9 Å². The van der Waals surface area contributed by atoms with Gasteiger partial charge in [0, 0.05) is 11.3 Å². The van der Waals surface area contributed by atoms with Crippen molar-refractivity contribution in [3.63, 3.8) is 0 Å². The zero-order valence-electron chi connectivity index (χ0n) is 15.2. The van der Waals surface area contributed by atoms with E-state index in [1.54, 1.807) is 12.1 Å². The number of ether oxygens (including phenoxy) is 1. The normalized spacial score (nSPS) is 18.3. The molecule has 0 bridgehead atoms. The monoisotopic (exact) mass is 399 g/mol. The fourth-order valence-corrected chi connectivity index (χ4v) is 3.83. The van der Waals surface area contributed by atoms with E-state index in [-0.39, 0.29) is 17.4 Å². The van der Waals surface area contributed by atoms with Crippen molar-refractivity contribution in [2.75, 3.05) is 5.32 Å². The quantitative estimate of drug-likeness (QED) is 0.660. The van der Waals surface area contributed by atoms with Gasteiger partial charge in [0.1, 0.15) is 16.9 Å². The molecule has 7 heteroatoms. The Kier molecular flexibility index (Phi) is 4.26. The van der Waals surface area contributed by atoms with Crippen LogP contribution in [0.15, 0.2) is 66.7 Å². The van der Waals surface area contributed by atoms with Crippen LogP contribution in [0.4, 0.5) is 18.9 Å². The van der Waals surface area contributed by atoms with Gasteiger partial charge in [0.05, 0.1) is 0 Å². The Morgan fingerprint density at radius 2 is 1.52 bits per heavy atom. The van der Waals surface area contributed by atoms with E-state index in [4.69, 9.17) is 0 Å². The number of phenols is 1. The van der Waals surface area contributed by atoms with Crippen LogP contribution in [-0.4, -0.2) is 17.4 Å². The lowest BCUT2D eigenvalue weighted by Gasteiger charge is -2.29. The maximum atomic E-state index is 13.3. The summed E-state index contributed by atoms with van der Waals surface area (Å²) in [5, 5.41) is 12.6. The number of carbonyl (C=O) groups is 1. The van der Waals surface area contributed by atoms with E-state index in [1.807, 2.05) is 25.1 Å². The average Bonchev–Trinajstić information content (AvgIpc) is 2.96. The second kappa shape index (κ2) is 6.55. The van der Waals surface area contributed by atoms with E-state index in [0.29, 0.717) is 22.4 Å². The number of para-hydroxylation sites is 1. The first-order valence-electron chi connectivity index (χ1n) is 8.79. The van der Waals surface area contributed by atoms with Crippen molar-refractivity contribution in [1.82, 2.24) is 0 Å². The van der Waals surface area contributed by atoms with Crippen molar-refractivity contribution in [1.29, 1.82) is 0 Å². The molecule has 0 saturated carbocycles. The second-order valence-electron chi connectivity index (χ2n) is 6.82. The molecule has 0 fully saturated rings. The number of amides is 1. The number of carbonyl (C=O) groups excluding carboxylic acids is 1. The van der Waals surface area contributed by atoms with Crippen LogP contribution in [0.3, 0.4) is 0 Å². The third-order valence-corrected chi connectivity index (χ3v) is 5.08. The van der Waals surface area contributed by atoms with Crippen LogP contribution < -0.4 is 10.1 Å². The van der Waals surface area contributed by atoms with E-state index >= 15 is 0 Å². The van der Waals surface area contributed by atoms with Crippen molar-refractivity contribution < 1.29 is 27.8 Å². The highest BCUT2D eigenvalue weighted by Crippen LogP contribution is 2.49. The Morgan fingerprint density at radius 3 is 2.10 bits per heavy atom. The number of hydrogen-bond donors (Lipinski definition) is 2. The number of halogens is 3. The van der Waals surface area contributed by atoms with E-state index < -0.39 is 11.8 Å². The molecule has 3 aromatic rings. The number of rotatable bonds is 3. The highest BCUT2D eigenvalue weighted by molar-refractivity contribution is 6.12. The maximum Gasteiger partial charge on any atom is 0.573 e. The van der Waals surface area contributed by atoms with Crippen molar-refractivity contribution >= 4 is 11.6 Å². The van der Waals surface area contributed by atoms with E-state index in [9.17, 15) is 23.1 Å². The summed E-state index contributed by atoms with van der Waals surface area (Å²) < 4.78 is 41.5. The van der Waals surface area contributed by atoms with Crippen LogP contribution in [0.25, 0.3) is 0 Å². The lowest BCUT2D eigenvalue weighted by Crippen LogP contribution is -2.37. The van der Waals surface area contributed by atoms with E-state index in [0.717, 1.165) is 5.56 Å². The minimum absolute atomic E-state index is 0.0423. The van der Waals surface area contributed by atoms with Gasteiger partial charge in [0.25, 0.3) is 0 Å². The van der Waals surface area contributed by atoms with Gasteiger partial charge in [0.15, 0.2) is 0 Å². The fraction of sp³-hybridized carbons (Fsp3) is 0.136. The molecule has 0 spiro atoms. The molecular weight excluding hydrogens is 383 g/mol. The number of hydrogen-bond acceptors (Lipinski definition) is 3. The Balaban J connectivity index is 1.93. The fourth-order valence-electron chi connectivity index (χ4n) is 3.83. The van der Waals surface area contributed by atoms with E-state index in [2.05, 4.69) is 10.1 Å². The molecule has 0 radical (unpaired) electrons. The average molecular weight is 399 g/mol. The van der Waals surface area contributed by atoms with Crippen LogP contribution in [0, 0.1) is 6.92 Å². The Morgan fingerprint density at radius 1 is 0.931 bits per heavy atom. The number of phenolic OH excluding ortho intramolecular Hbond substituents is 1. The molecule has 1 aliphatic rings. The summed E-state index contributed by atoms with van der Waals surface area (Å²) in [5.41, 5.74) is 2.03. The summed E-state index contributed by atoms with van der Waals surface area (Å²) in [5.74, 6) is -0.650. The molecule has 1 heterocycles. The summed E-state index contributed by atoms with van der Waals surface area (Å²) >= 11 is 0. The van der Waals surface area contributed by atoms with Gasteiger partial charge in [-0.1, -0.05) is 42.5 Å². The van der Waals surface area contributed by atoms with Gasteiger partial charge in [-0.25, -0.2) is 0 Å². The molecule has 1 atom stereocenters. The largest absolute Gasteiger partial charge is 0.573 e. The number of fused-ring (bicyclic) bond motifs is 1. The molecule has 0 unspecified atom stereocenters. The number of nitrogens with one attached hydrogen (secondary N) is 1.